The molecule has 110 valence electrons. The van der Waals surface area contributed by atoms with E-state index in [2.05, 4.69) is 15.9 Å². The number of aromatic carboxylic acids is 1. The maximum Gasteiger partial charge on any atom is 0.338 e. The predicted octanol–water partition coefficient (Wildman–Crippen LogP) is 3.76. The van der Waals surface area contributed by atoms with Gasteiger partial charge in [-0.25, -0.2) is 4.79 Å². The van der Waals surface area contributed by atoms with Crippen molar-refractivity contribution in [1.29, 1.82) is 0 Å². The van der Waals surface area contributed by atoms with Crippen molar-refractivity contribution in [3.63, 3.8) is 0 Å². The Balaban J connectivity index is 2.56. The number of carbonyl (C=O) groups is 1. The summed E-state index contributed by atoms with van der Waals surface area (Å²) in [5.74, 6) is -1.11. The van der Waals surface area contributed by atoms with Crippen LogP contribution in [0.1, 0.15) is 17.4 Å². The van der Waals surface area contributed by atoms with Crippen LogP contribution >= 0.6 is 15.9 Å². The Morgan fingerprint density at radius 2 is 2.00 bits per heavy atom. The van der Waals surface area contributed by atoms with E-state index in [0.717, 1.165) is 0 Å². The van der Waals surface area contributed by atoms with Gasteiger partial charge >= 0.3 is 5.97 Å². The number of halogens is 1. The number of rotatable bonds is 2. The minimum atomic E-state index is -1.11. The van der Waals surface area contributed by atoms with Crippen LogP contribution in [0.25, 0.3) is 16.5 Å². The summed E-state index contributed by atoms with van der Waals surface area (Å²) in [6, 6.07) is 11.7. The Hall–Kier alpha value is -2.40. The zero-order valence-corrected chi connectivity index (χ0v) is 13.2. The zero-order valence-electron chi connectivity index (χ0n) is 12.6. The third-order valence-corrected chi connectivity index (χ3v) is 4.02. The lowest BCUT2D eigenvalue weighted by Crippen LogP contribution is -2.24. The lowest BCUT2D eigenvalue weighted by molar-refractivity contribution is 0.0697. The monoisotopic (exact) mass is 358 g/mol. The van der Waals surface area contributed by atoms with Crippen molar-refractivity contribution in [2.75, 3.05) is 0 Å². The Morgan fingerprint density at radius 3 is 2.68 bits per heavy atom. The molecule has 0 bridgehead atoms. The number of para-hydroxylation sites is 1. The molecule has 0 amide bonds. The second-order valence-corrected chi connectivity index (χ2v) is 5.76. The molecule has 1 N–H and O–H groups in total. The van der Waals surface area contributed by atoms with Crippen molar-refractivity contribution in [2.24, 2.45) is 0 Å². The van der Waals surface area contributed by atoms with Gasteiger partial charge in [0.05, 0.1) is 6.93 Å². The summed E-state index contributed by atoms with van der Waals surface area (Å²) in [5.41, 5.74) is 0.384. The highest BCUT2D eigenvalue weighted by molar-refractivity contribution is 9.10. The average Bonchev–Trinajstić information content (AvgIpc) is 2.49. The SMILES string of the molecule is [2H]c1ccccc1-n1c(C)c(C(=O)O)c2ccc(Br)cc2c1=O. The standard InChI is InChI=1S/C17H12BrNO3/c1-10-15(17(21)22)13-8-7-11(18)9-14(13)16(20)19(10)12-5-3-2-4-6-12/h2-9H,1H3,(H,21,22)/i5D. The molecule has 0 aliphatic carbocycles. The number of carboxylic acid groups (broad SMARTS) is 1. The van der Waals surface area contributed by atoms with Crippen molar-refractivity contribution in [3.8, 4) is 5.69 Å². The van der Waals surface area contributed by atoms with Crippen LogP contribution in [0.3, 0.4) is 0 Å². The molecule has 0 saturated heterocycles. The summed E-state index contributed by atoms with van der Waals surface area (Å²) in [4.78, 5) is 24.6. The van der Waals surface area contributed by atoms with E-state index in [1.165, 1.54) is 4.57 Å². The van der Waals surface area contributed by atoms with Crippen LogP contribution in [0.5, 0.6) is 0 Å². The second kappa shape index (κ2) is 5.42. The fraction of sp³-hybridized carbons (Fsp3) is 0.0588. The minimum absolute atomic E-state index is 0.0651. The highest BCUT2D eigenvalue weighted by Crippen LogP contribution is 2.24. The summed E-state index contributed by atoms with van der Waals surface area (Å²) < 4.78 is 9.99. The van der Waals surface area contributed by atoms with E-state index >= 15 is 0 Å². The number of hydrogen-bond donors (Lipinski definition) is 1. The summed E-state index contributed by atoms with van der Waals surface area (Å²) in [6.45, 7) is 1.58. The Bertz CT molecular complexity index is 1010. The Morgan fingerprint density at radius 1 is 1.23 bits per heavy atom. The molecule has 3 rings (SSSR count). The van der Waals surface area contributed by atoms with Crippen molar-refractivity contribution in [3.05, 3.63) is 74.6 Å². The highest BCUT2D eigenvalue weighted by Gasteiger charge is 2.19. The summed E-state index contributed by atoms with van der Waals surface area (Å²) in [5, 5.41) is 10.3. The molecule has 0 unspecified atom stereocenters. The molecule has 0 radical (unpaired) electrons. The maximum atomic E-state index is 12.9. The highest BCUT2D eigenvalue weighted by atomic mass is 79.9. The lowest BCUT2D eigenvalue weighted by Gasteiger charge is -2.15. The molecule has 5 heteroatoms. The number of nitrogens with zero attached hydrogens (tertiary/aromatic N) is 1. The summed E-state index contributed by atoms with van der Waals surface area (Å²) in [6.07, 6.45) is 0. The van der Waals surface area contributed by atoms with Crippen LogP contribution in [0.2, 0.25) is 0 Å². The first-order valence-corrected chi connectivity index (χ1v) is 7.35. The van der Waals surface area contributed by atoms with Gasteiger partial charge in [-0.1, -0.05) is 40.2 Å². The topological polar surface area (TPSA) is 59.3 Å². The van der Waals surface area contributed by atoms with Crippen LogP contribution in [0.4, 0.5) is 0 Å². The number of fused-ring (bicyclic) bond motifs is 1. The summed E-state index contributed by atoms with van der Waals surface area (Å²) in [7, 11) is 0. The van der Waals surface area contributed by atoms with Crippen LogP contribution in [-0.4, -0.2) is 15.6 Å². The zero-order chi connectivity index (χ0) is 16.7. The number of pyridine rings is 1. The minimum Gasteiger partial charge on any atom is -0.478 e. The third kappa shape index (κ3) is 2.23. The normalized spacial score (nSPS) is 11.5. The van der Waals surface area contributed by atoms with Gasteiger partial charge in [-0.2, -0.15) is 0 Å². The number of carboxylic acids is 1. The van der Waals surface area contributed by atoms with Gasteiger partial charge in [0.1, 0.15) is 0 Å². The molecule has 22 heavy (non-hydrogen) atoms. The second-order valence-electron chi connectivity index (χ2n) is 4.84. The van der Waals surface area contributed by atoms with Gasteiger partial charge < -0.3 is 5.11 Å². The predicted molar refractivity (Wildman–Crippen MR) is 88.9 cm³/mol. The van der Waals surface area contributed by atoms with Crippen molar-refractivity contribution in [2.45, 2.75) is 6.92 Å². The first-order valence-electron chi connectivity index (χ1n) is 7.06. The van der Waals surface area contributed by atoms with Gasteiger partial charge in [-0.3, -0.25) is 9.36 Å². The van der Waals surface area contributed by atoms with E-state index in [0.29, 0.717) is 26.6 Å². The fourth-order valence-corrected chi connectivity index (χ4v) is 2.93. The van der Waals surface area contributed by atoms with Crippen LogP contribution in [-0.2, 0) is 0 Å². The smallest absolute Gasteiger partial charge is 0.338 e. The van der Waals surface area contributed by atoms with Gasteiger partial charge in [0, 0.05) is 26.6 Å². The van der Waals surface area contributed by atoms with Crippen LogP contribution < -0.4 is 5.56 Å². The average molecular weight is 359 g/mol. The Kier molecular flexibility index (Phi) is 3.27. The molecule has 1 heterocycles. The molecule has 4 nitrogen and oxygen atoms in total. The first-order chi connectivity index (χ1) is 10.9. The fourth-order valence-electron chi connectivity index (χ4n) is 2.57. The molecule has 0 spiro atoms. The molecular formula is C17H12BrNO3. The first kappa shape index (κ1) is 13.3. The Labute approximate surface area is 136 Å². The van der Waals surface area contributed by atoms with E-state index in [1.54, 1.807) is 49.4 Å². The largest absolute Gasteiger partial charge is 0.478 e. The molecule has 0 atom stereocenters. The molecule has 0 aliphatic heterocycles. The van der Waals surface area contributed by atoms with E-state index in [4.69, 9.17) is 1.37 Å². The molecule has 3 aromatic rings. The van der Waals surface area contributed by atoms with Gasteiger partial charge in [0.15, 0.2) is 0 Å². The van der Waals surface area contributed by atoms with E-state index in [-0.39, 0.29) is 17.2 Å². The molecule has 0 aliphatic rings. The van der Waals surface area contributed by atoms with Crippen LogP contribution in [0.15, 0.2) is 57.8 Å². The molecule has 1 aromatic heterocycles. The third-order valence-electron chi connectivity index (χ3n) is 3.53. The van der Waals surface area contributed by atoms with E-state index < -0.39 is 5.97 Å². The maximum absolute atomic E-state index is 12.9. The van der Waals surface area contributed by atoms with Crippen molar-refractivity contribution < 1.29 is 11.3 Å². The number of hydrogen-bond acceptors (Lipinski definition) is 2. The van der Waals surface area contributed by atoms with Gasteiger partial charge in [-0.05, 0) is 31.2 Å². The number of aromatic nitrogens is 1. The molecule has 0 fully saturated rings. The van der Waals surface area contributed by atoms with Crippen molar-refractivity contribution >= 4 is 32.7 Å². The number of benzene rings is 2. The quantitative estimate of drug-likeness (QED) is 0.758. The molecular weight excluding hydrogens is 346 g/mol. The van der Waals surface area contributed by atoms with Gasteiger partial charge in [0.2, 0.25) is 0 Å². The van der Waals surface area contributed by atoms with E-state index in [1.807, 2.05) is 0 Å². The van der Waals surface area contributed by atoms with E-state index in [9.17, 15) is 14.7 Å². The van der Waals surface area contributed by atoms with Crippen molar-refractivity contribution in [1.82, 2.24) is 4.57 Å². The van der Waals surface area contributed by atoms with Crippen LogP contribution in [0, 0.1) is 6.92 Å². The molecule has 0 saturated carbocycles. The van der Waals surface area contributed by atoms with Gasteiger partial charge in [-0.15, -0.1) is 0 Å². The van der Waals surface area contributed by atoms with Gasteiger partial charge in [0.25, 0.3) is 5.56 Å². The lowest BCUT2D eigenvalue weighted by atomic mass is 10.0. The summed E-state index contributed by atoms with van der Waals surface area (Å²) >= 11 is 3.31. The molecule has 2 aromatic carbocycles.